The number of carbonyl (C=O) groups excluding carboxylic acids is 1. The largest absolute Gasteiger partial charge is 0.508 e. The van der Waals surface area contributed by atoms with Gasteiger partial charge in [0.15, 0.2) is 5.54 Å². The van der Waals surface area contributed by atoms with E-state index < -0.39 is 11.5 Å². The molecule has 0 aliphatic heterocycles. The van der Waals surface area contributed by atoms with Gasteiger partial charge in [0, 0.05) is 13.5 Å². The predicted molar refractivity (Wildman–Crippen MR) is 75.4 cm³/mol. The average Bonchev–Trinajstić information content (AvgIpc) is 2.40. The number of hydrogen-bond acceptors (Lipinski definition) is 3. The Bertz CT molecular complexity index is 483. The monoisotopic (exact) mass is 279 g/mol. The molecule has 2 N–H and O–H groups in total. The van der Waals surface area contributed by atoms with E-state index in [4.69, 9.17) is 0 Å². The van der Waals surface area contributed by atoms with E-state index in [0.29, 0.717) is 18.5 Å². The van der Waals surface area contributed by atoms with Crippen molar-refractivity contribution in [3.05, 3.63) is 29.8 Å². The smallest absolute Gasteiger partial charge is 0.334 e. The molecule has 0 radical (unpaired) electrons. The first-order valence-electron chi connectivity index (χ1n) is 6.71. The number of benzene rings is 1. The molecule has 0 saturated heterocycles. The van der Waals surface area contributed by atoms with Crippen molar-refractivity contribution in [2.75, 3.05) is 6.54 Å². The summed E-state index contributed by atoms with van der Waals surface area (Å²) in [6.07, 6.45) is 0.930. The molecule has 1 rings (SSSR count). The first kappa shape index (κ1) is 16.0. The summed E-state index contributed by atoms with van der Waals surface area (Å²) in [5.74, 6) is -1.27. The van der Waals surface area contributed by atoms with Gasteiger partial charge in [0.25, 0.3) is 0 Å². The lowest BCUT2D eigenvalue weighted by Gasteiger charge is -2.40. The molecule has 0 saturated carbocycles. The number of carboxylic acids is 1. The first-order valence-corrected chi connectivity index (χ1v) is 6.71. The van der Waals surface area contributed by atoms with E-state index in [1.165, 1.54) is 24.0 Å². The minimum Gasteiger partial charge on any atom is -0.508 e. The van der Waals surface area contributed by atoms with Crippen molar-refractivity contribution in [3.63, 3.8) is 0 Å². The van der Waals surface area contributed by atoms with Crippen LogP contribution >= 0.6 is 0 Å². The van der Waals surface area contributed by atoms with Crippen molar-refractivity contribution in [1.29, 1.82) is 0 Å². The van der Waals surface area contributed by atoms with Gasteiger partial charge in [-0.25, -0.2) is 4.79 Å². The average molecular weight is 279 g/mol. The Morgan fingerprint density at radius 3 is 2.10 bits per heavy atom. The van der Waals surface area contributed by atoms with Crippen LogP contribution in [0.3, 0.4) is 0 Å². The van der Waals surface area contributed by atoms with Crippen LogP contribution in [0, 0.1) is 0 Å². The van der Waals surface area contributed by atoms with Crippen LogP contribution in [0.4, 0.5) is 0 Å². The molecule has 0 aromatic heterocycles. The molecular formula is C15H21NO4. The van der Waals surface area contributed by atoms with Crippen LogP contribution in [-0.4, -0.2) is 33.5 Å². The lowest BCUT2D eigenvalue weighted by atomic mass is 9.85. The highest BCUT2D eigenvalue weighted by atomic mass is 16.4. The van der Waals surface area contributed by atoms with Gasteiger partial charge < -0.3 is 15.1 Å². The lowest BCUT2D eigenvalue weighted by Crippen LogP contribution is -2.54. The third kappa shape index (κ3) is 2.76. The van der Waals surface area contributed by atoms with Gasteiger partial charge in [0.1, 0.15) is 5.75 Å². The molecular weight excluding hydrogens is 258 g/mol. The molecule has 0 aliphatic carbocycles. The molecule has 0 bridgehead atoms. The molecule has 0 heterocycles. The highest BCUT2D eigenvalue weighted by molar-refractivity contribution is 5.87. The molecule has 20 heavy (non-hydrogen) atoms. The number of rotatable bonds is 6. The number of carboxylic acid groups (broad SMARTS) is 1. The van der Waals surface area contributed by atoms with Crippen molar-refractivity contribution < 1.29 is 19.8 Å². The fourth-order valence-electron chi connectivity index (χ4n) is 2.52. The van der Waals surface area contributed by atoms with E-state index in [1.807, 2.05) is 6.92 Å². The molecule has 1 amide bonds. The van der Waals surface area contributed by atoms with Crippen molar-refractivity contribution >= 4 is 11.9 Å². The number of nitrogens with zero attached hydrogens (tertiary/aromatic N) is 1. The Morgan fingerprint density at radius 1 is 1.20 bits per heavy atom. The molecule has 0 fully saturated rings. The zero-order chi connectivity index (χ0) is 15.3. The van der Waals surface area contributed by atoms with Crippen molar-refractivity contribution in [3.8, 4) is 5.75 Å². The van der Waals surface area contributed by atoms with Crippen LogP contribution < -0.4 is 0 Å². The fourth-order valence-corrected chi connectivity index (χ4v) is 2.52. The third-order valence-electron chi connectivity index (χ3n) is 3.50. The van der Waals surface area contributed by atoms with E-state index in [0.717, 1.165) is 0 Å². The quantitative estimate of drug-likeness (QED) is 0.837. The van der Waals surface area contributed by atoms with E-state index in [2.05, 4.69) is 0 Å². The first-order chi connectivity index (χ1) is 9.40. The van der Waals surface area contributed by atoms with Crippen molar-refractivity contribution in [2.45, 2.75) is 39.2 Å². The maximum absolute atomic E-state index is 11.9. The standard InChI is InChI=1S/C15H21NO4/c1-4-10-16(11(3)17)15(5-2,14(19)20)12-6-8-13(18)9-7-12/h6-9,18H,4-5,10H2,1-3H3,(H,19,20). The van der Waals surface area contributed by atoms with Crippen LogP contribution in [0.5, 0.6) is 5.75 Å². The number of carbonyl (C=O) groups is 2. The van der Waals surface area contributed by atoms with Gasteiger partial charge in [0.05, 0.1) is 0 Å². The van der Waals surface area contributed by atoms with Crippen LogP contribution in [-0.2, 0) is 15.1 Å². The van der Waals surface area contributed by atoms with Gasteiger partial charge in [-0.1, -0.05) is 26.0 Å². The summed E-state index contributed by atoms with van der Waals surface area (Å²) < 4.78 is 0. The second kappa shape index (κ2) is 6.41. The second-order valence-corrected chi connectivity index (χ2v) is 4.74. The molecule has 1 unspecified atom stereocenters. The summed E-state index contributed by atoms with van der Waals surface area (Å²) >= 11 is 0. The molecule has 5 heteroatoms. The number of phenols is 1. The summed E-state index contributed by atoms with van der Waals surface area (Å²) in [4.78, 5) is 25.2. The van der Waals surface area contributed by atoms with E-state index >= 15 is 0 Å². The molecule has 0 aliphatic rings. The number of phenolic OH excluding ortho intramolecular Hbond substituents is 1. The Morgan fingerprint density at radius 2 is 1.75 bits per heavy atom. The van der Waals surface area contributed by atoms with Crippen molar-refractivity contribution in [2.24, 2.45) is 0 Å². The minimum atomic E-state index is -1.39. The van der Waals surface area contributed by atoms with Crippen LogP contribution in [0.1, 0.15) is 39.2 Å². The van der Waals surface area contributed by atoms with Crippen LogP contribution in [0.15, 0.2) is 24.3 Å². The highest BCUT2D eigenvalue weighted by Gasteiger charge is 2.45. The van der Waals surface area contributed by atoms with E-state index in [1.54, 1.807) is 19.1 Å². The predicted octanol–water partition coefficient (Wildman–Crippen LogP) is 2.34. The van der Waals surface area contributed by atoms with Crippen LogP contribution in [0.25, 0.3) is 0 Å². The van der Waals surface area contributed by atoms with E-state index in [9.17, 15) is 19.8 Å². The SMILES string of the molecule is CCCN(C(C)=O)C(CC)(C(=O)O)c1ccc(O)cc1. The van der Waals surface area contributed by atoms with Gasteiger partial charge in [0.2, 0.25) is 5.91 Å². The van der Waals surface area contributed by atoms with Gasteiger partial charge in [-0.05, 0) is 30.5 Å². The second-order valence-electron chi connectivity index (χ2n) is 4.74. The third-order valence-corrected chi connectivity index (χ3v) is 3.50. The molecule has 1 atom stereocenters. The summed E-state index contributed by atoms with van der Waals surface area (Å²) in [6.45, 7) is 5.39. The normalized spacial score (nSPS) is 13.6. The zero-order valence-electron chi connectivity index (χ0n) is 12.1. The fraction of sp³-hybridized carbons (Fsp3) is 0.467. The number of hydrogen-bond donors (Lipinski definition) is 2. The Kier molecular flexibility index (Phi) is 5.13. The highest BCUT2D eigenvalue weighted by Crippen LogP contribution is 2.34. The minimum absolute atomic E-state index is 0.0639. The molecule has 1 aromatic carbocycles. The molecule has 1 aromatic rings. The maximum atomic E-state index is 11.9. The maximum Gasteiger partial charge on any atom is 0.334 e. The lowest BCUT2D eigenvalue weighted by molar-refractivity contribution is -0.160. The van der Waals surface area contributed by atoms with Gasteiger partial charge >= 0.3 is 5.97 Å². The van der Waals surface area contributed by atoms with E-state index in [-0.39, 0.29) is 18.1 Å². The molecule has 110 valence electrons. The van der Waals surface area contributed by atoms with Crippen molar-refractivity contribution in [1.82, 2.24) is 4.90 Å². The topological polar surface area (TPSA) is 77.8 Å². The molecule has 0 spiro atoms. The number of aliphatic carboxylic acids is 1. The summed E-state index contributed by atoms with van der Waals surface area (Å²) in [5.41, 5.74) is -0.899. The summed E-state index contributed by atoms with van der Waals surface area (Å²) in [5, 5.41) is 19.1. The molecule has 5 nitrogen and oxygen atoms in total. The van der Waals surface area contributed by atoms with Crippen LogP contribution in [0.2, 0.25) is 0 Å². The Labute approximate surface area is 118 Å². The Balaban J connectivity index is 3.44. The Hall–Kier alpha value is -2.04. The summed E-state index contributed by atoms with van der Waals surface area (Å²) in [7, 11) is 0. The van der Waals surface area contributed by atoms with Gasteiger partial charge in [-0.2, -0.15) is 0 Å². The number of aromatic hydroxyl groups is 1. The van der Waals surface area contributed by atoms with Gasteiger partial charge in [-0.15, -0.1) is 0 Å². The summed E-state index contributed by atoms with van der Waals surface area (Å²) in [6, 6.07) is 5.98. The zero-order valence-corrected chi connectivity index (χ0v) is 12.1. The number of amides is 1. The van der Waals surface area contributed by atoms with Gasteiger partial charge in [-0.3, -0.25) is 4.79 Å².